The van der Waals surface area contributed by atoms with Crippen LogP contribution in [0.3, 0.4) is 0 Å². The number of benzene rings is 1. The van der Waals surface area contributed by atoms with E-state index in [9.17, 15) is 18.4 Å². The summed E-state index contributed by atoms with van der Waals surface area (Å²) in [6.07, 6.45) is 0.284. The normalized spacial score (nSPS) is 10.8. The van der Waals surface area contributed by atoms with Gasteiger partial charge in [0.05, 0.1) is 22.6 Å². The third-order valence-electron chi connectivity index (χ3n) is 4.51. The van der Waals surface area contributed by atoms with Crippen LogP contribution in [-0.4, -0.2) is 23.3 Å². The highest BCUT2D eigenvalue weighted by Gasteiger charge is 2.23. The molecule has 2 heterocycles. The molecule has 0 saturated heterocycles. The van der Waals surface area contributed by atoms with Gasteiger partial charge in [0.15, 0.2) is 5.13 Å². The van der Waals surface area contributed by atoms with Gasteiger partial charge in [-0.2, -0.15) is 0 Å². The lowest BCUT2D eigenvalue weighted by Crippen LogP contribution is -2.23. The molecule has 0 spiro atoms. The van der Waals surface area contributed by atoms with Gasteiger partial charge in [-0.15, -0.1) is 22.7 Å². The minimum Gasteiger partial charge on any atom is -0.352 e. The van der Waals surface area contributed by atoms with Gasteiger partial charge < -0.3 is 10.6 Å². The molecule has 30 heavy (non-hydrogen) atoms. The first-order valence-corrected chi connectivity index (χ1v) is 11.1. The van der Waals surface area contributed by atoms with Crippen LogP contribution in [0.2, 0.25) is 0 Å². The smallest absolute Gasteiger partial charge is 0.253 e. The highest BCUT2D eigenvalue weighted by Crippen LogP contribution is 2.38. The third kappa shape index (κ3) is 4.57. The number of aromatic nitrogens is 1. The minimum atomic E-state index is -0.766. The van der Waals surface area contributed by atoms with Crippen LogP contribution < -0.4 is 10.6 Å². The van der Waals surface area contributed by atoms with E-state index in [0.717, 1.165) is 33.9 Å². The maximum atomic E-state index is 13.8. The van der Waals surface area contributed by atoms with Gasteiger partial charge in [0.25, 0.3) is 5.91 Å². The summed E-state index contributed by atoms with van der Waals surface area (Å²) in [7, 11) is 0. The van der Waals surface area contributed by atoms with Crippen LogP contribution in [0, 0.1) is 18.6 Å². The largest absolute Gasteiger partial charge is 0.352 e. The van der Waals surface area contributed by atoms with Crippen molar-refractivity contribution in [3.05, 3.63) is 56.8 Å². The Morgan fingerprint density at radius 3 is 2.47 bits per heavy atom. The summed E-state index contributed by atoms with van der Waals surface area (Å²) in [6, 6.07) is 3.47. The Bertz CT molecular complexity index is 1070. The Morgan fingerprint density at radius 2 is 1.83 bits per heavy atom. The Morgan fingerprint density at radius 1 is 1.13 bits per heavy atom. The van der Waals surface area contributed by atoms with Gasteiger partial charge in [0.1, 0.15) is 11.6 Å². The number of amides is 2. The number of rotatable bonds is 7. The standard InChI is InChI=1S/C21H21F2N3O2S2/c1-4-12-11(3)30-19(18(12)20(28)24-5-2)16-10-29-21(25-16)26-17(27)9-13-14(22)7-6-8-15(13)23/h6-8,10H,4-5,9H2,1-3H3,(H,24,28)(H,25,26,27). The van der Waals surface area contributed by atoms with Crippen LogP contribution in [0.4, 0.5) is 13.9 Å². The summed E-state index contributed by atoms with van der Waals surface area (Å²) in [6.45, 7) is 6.34. The second-order valence-corrected chi connectivity index (χ2v) is 8.60. The number of aryl methyl sites for hydroxylation is 1. The van der Waals surface area contributed by atoms with Gasteiger partial charge in [0, 0.05) is 22.4 Å². The summed E-state index contributed by atoms with van der Waals surface area (Å²) in [5.41, 5.74) is 1.89. The molecular weight excluding hydrogens is 428 g/mol. The SMILES string of the molecule is CCNC(=O)c1c(-c2csc(NC(=O)Cc3c(F)cccc3F)n2)sc(C)c1CC. The maximum absolute atomic E-state index is 13.8. The van der Waals surface area contributed by atoms with E-state index in [1.165, 1.54) is 28.7 Å². The molecule has 0 fully saturated rings. The molecule has 3 rings (SSSR count). The number of anilines is 1. The summed E-state index contributed by atoms with van der Waals surface area (Å²) in [5, 5.41) is 7.48. The van der Waals surface area contributed by atoms with Gasteiger partial charge >= 0.3 is 0 Å². The van der Waals surface area contributed by atoms with E-state index in [-0.39, 0.29) is 11.5 Å². The first kappa shape index (κ1) is 22.0. The maximum Gasteiger partial charge on any atom is 0.253 e. The number of carbonyl (C=O) groups is 2. The predicted molar refractivity (Wildman–Crippen MR) is 116 cm³/mol. The average Bonchev–Trinajstić information content (AvgIpc) is 3.28. The van der Waals surface area contributed by atoms with Crippen LogP contribution in [-0.2, 0) is 17.6 Å². The zero-order chi connectivity index (χ0) is 21.8. The van der Waals surface area contributed by atoms with Crippen LogP contribution in [0.5, 0.6) is 0 Å². The Hall–Kier alpha value is -2.65. The fraction of sp³-hybridized carbons (Fsp3) is 0.286. The van der Waals surface area contributed by atoms with Crippen molar-refractivity contribution in [3.63, 3.8) is 0 Å². The first-order chi connectivity index (χ1) is 14.3. The summed E-state index contributed by atoms with van der Waals surface area (Å²) < 4.78 is 27.5. The fourth-order valence-corrected chi connectivity index (χ4v) is 5.13. The van der Waals surface area contributed by atoms with Gasteiger partial charge in [0.2, 0.25) is 5.91 Å². The molecular formula is C21H21F2N3O2S2. The van der Waals surface area contributed by atoms with E-state index in [2.05, 4.69) is 15.6 Å². The molecule has 0 radical (unpaired) electrons. The number of thiophene rings is 1. The van der Waals surface area contributed by atoms with Crippen molar-refractivity contribution in [1.82, 2.24) is 10.3 Å². The topological polar surface area (TPSA) is 71.1 Å². The van der Waals surface area contributed by atoms with Crippen molar-refractivity contribution in [3.8, 4) is 10.6 Å². The van der Waals surface area contributed by atoms with Crippen molar-refractivity contribution in [2.24, 2.45) is 0 Å². The quantitative estimate of drug-likeness (QED) is 0.536. The number of halogens is 2. The number of carbonyl (C=O) groups excluding carboxylic acids is 2. The molecule has 0 saturated carbocycles. The average molecular weight is 450 g/mol. The summed E-state index contributed by atoms with van der Waals surface area (Å²) in [4.78, 5) is 31.1. The van der Waals surface area contributed by atoms with Crippen LogP contribution >= 0.6 is 22.7 Å². The van der Waals surface area contributed by atoms with Crippen LogP contribution in [0.25, 0.3) is 10.6 Å². The number of nitrogens with one attached hydrogen (secondary N) is 2. The first-order valence-electron chi connectivity index (χ1n) is 9.44. The number of nitrogens with zero attached hydrogens (tertiary/aromatic N) is 1. The van der Waals surface area contributed by atoms with Gasteiger partial charge in [-0.1, -0.05) is 13.0 Å². The minimum absolute atomic E-state index is 0.151. The Kier molecular flexibility index (Phi) is 6.94. The third-order valence-corrected chi connectivity index (χ3v) is 6.44. The van der Waals surface area contributed by atoms with Crippen molar-refractivity contribution in [2.45, 2.75) is 33.6 Å². The Labute approximate surface area is 181 Å². The zero-order valence-electron chi connectivity index (χ0n) is 16.8. The van der Waals surface area contributed by atoms with E-state index in [1.807, 2.05) is 20.8 Å². The molecule has 0 aliphatic heterocycles. The number of hydrogen-bond acceptors (Lipinski definition) is 5. The molecule has 2 amide bonds. The zero-order valence-corrected chi connectivity index (χ0v) is 18.4. The molecule has 0 bridgehead atoms. The fourth-order valence-electron chi connectivity index (χ4n) is 3.13. The van der Waals surface area contributed by atoms with Crippen molar-refractivity contribution in [1.29, 1.82) is 0 Å². The predicted octanol–water partition coefficient (Wildman–Crippen LogP) is 4.95. The molecule has 2 aromatic heterocycles. The molecule has 0 atom stereocenters. The second-order valence-electron chi connectivity index (χ2n) is 6.52. The van der Waals surface area contributed by atoms with Gasteiger partial charge in [-0.25, -0.2) is 13.8 Å². The van der Waals surface area contributed by atoms with Crippen LogP contribution in [0.15, 0.2) is 23.6 Å². The Balaban J connectivity index is 1.83. The number of hydrogen-bond donors (Lipinski definition) is 2. The number of thiazole rings is 1. The highest BCUT2D eigenvalue weighted by molar-refractivity contribution is 7.17. The summed E-state index contributed by atoms with van der Waals surface area (Å²) >= 11 is 2.68. The molecule has 0 unspecified atom stereocenters. The van der Waals surface area contributed by atoms with Gasteiger partial charge in [-0.3, -0.25) is 9.59 Å². The lowest BCUT2D eigenvalue weighted by molar-refractivity contribution is -0.115. The molecule has 3 aromatic rings. The van der Waals surface area contributed by atoms with Crippen LogP contribution in [0.1, 0.15) is 40.2 Å². The van der Waals surface area contributed by atoms with E-state index in [0.29, 0.717) is 22.9 Å². The molecule has 9 heteroatoms. The van der Waals surface area contributed by atoms with E-state index >= 15 is 0 Å². The second kappa shape index (κ2) is 9.44. The molecule has 5 nitrogen and oxygen atoms in total. The van der Waals surface area contributed by atoms with Gasteiger partial charge in [-0.05, 0) is 38.0 Å². The summed E-state index contributed by atoms with van der Waals surface area (Å²) in [5.74, 6) is -2.25. The molecule has 158 valence electrons. The lowest BCUT2D eigenvalue weighted by atomic mass is 10.0. The van der Waals surface area contributed by atoms with Crippen molar-refractivity contribution >= 4 is 39.6 Å². The molecule has 1 aromatic carbocycles. The van der Waals surface area contributed by atoms with E-state index in [1.54, 1.807) is 5.38 Å². The monoisotopic (exact) mass is 449 g/mol. The van der Waals surface area contributed by atoms with Crippen molar-refractivity contribution in [2.75, 3.05) is 11.9 Å². The molecule has 0 aliphatic carbocycles. The van der Waals surface area contributed by atoms with E-state index < -0.39 is 24.0 Å². The highest BCUT2D eigenvalue weighted by atomic mass is 32.1. The van der Waals surface area contributed by atoms with Crippen molar-refractivity contribution < 1.29 is 18.4 Å². The van der Waals surface area contributed by atoms with E-state index in [4.69, 9.17) is 0 Å². The molecule has 2 N–H and O–H groups in total. The lowest BCUT2D eigenvalue weighted by Gasteiger charge is -2.06. The molecule has 0 aliphatic rings.